The minimum Gasteiger partial charge on any atom is -0.399 e. The van der Waals surface area contributed by atoms with Gasteiger partial charge in [0.2, 0.25) is 5.91 Å². The molecule has 1 amide bonds. The Balaban J connectivity index is 2.70. The minimum atomic E-state index is 0.0263. The molecule has 4 nitrogen and oxygen atoms in total. The van der Waals surface area contributed by atoms with E-state index in [4.69, 9.17) is 5.73 Å². The number of nitrogens with zero attached hydrogens (tertiary/aromatic N) is 1. The number of nitrogens with one attached hydrogen (secondary N) is 1. The Kier molecular flexibility index (Phi) is 5.44. The van der Waals surface area contributed by atoms with Gasteiger partial charge in [-0.3, -0.25) is 9.69 Å². The van der Waals surface area contributed by atoms with Gasteiger partial charge in [0.15, 0.2) is 0 Å². The van der Waals surface area contributed by atoms with Crippen LogP contribution in [0.3, 0.4) is 0 Å². The molecular weight excluding hydrogens is 282 g/mol. The minimum absolute atomic E-state index is 0.0263. The van der Waals surface area contributed by atoms with Crippen LogP contribution in [0.4, 0.5) is 5.69 Å². The average Bonchev–Trinajstić information content (AvgIpc) is 2.31. The van der Waals surface area contributed by atoms with Crippen molar-refractivity contribution < 1.29 is 4.79 Å². The molecule has 94 valence electrons. The van der Waals surface area contributed by atoms with Crippen molar-refractivity contribution in [1.82, 2.24) is 10.2 Å². The fourth-order valence-electron chi connectivity index (χ4n) is 1.49. The highest BCUT2D eigenvalue weighted by Gasteiger charge is 2.10. The molecule has 0 radical (unpaired) electrons. The topological polar surface area (TPSA) is 58.4 Å². The first-order valence-electron chi connectivity index (χ1n) is 5.53. The highest BCUT2D eigenvalue weighted by Crippen LogP contribution is 2.21. The standard InChI is InChI=1S/C12H18BrN3O/c1-3-16(8-12(17)15-2)7-9-4-5-10(14)6-11(9)13/h4-6H,3,7-8,14H2,1-2H3,(H,15,17). The first-order valence-corrected chi connectivity index (χ1v) is 6.33. The molecule has 0 aromatic heterocycles. The predicted octanol–water partition coefficient (Wildman–Crippen LogP) is 1.60. The van der Waals surface area contributed by atoms with Gasteiger partial charge in [-0.15, -0.1) is 0 Å². The molecule has 3 N–H and O–H groups in total. The summed E-state index contributed by atoms with van der Waals surface area (Å²) in [5.41, 5.74) is 7.55. The number of hydrogen-bond donors (Lipinski definition) is 2. The summed E-state index contributed by atoms with van der Waals surface area (Å²) in [6.07, 6.45) is 0. The molecule has 0 unspecified atom stereocenters. The van der Waals surface area contributed by atoms with Crippen LogP contribution in [0.1, 0.15) is 12.5 Å². The molecule has 0 aliphatic carbocycles. The molecule has 0 spiro atoms. The predicted molar refractivity (Wildman–Crippen MR) is 73.6 cm³/mol. The summed E-state index contributed by atoms with van der Waals surface area (Å²) >= 11 is 3.48. The quantitative estimate of drug-likeness (QED) is 0.812. The number of amides is 1. The van der Waals surface area contributed by atoms with Crippen molar-refractivity contribution in [2.24, 2.45) is 0 Å². The summed E-state index contributed by atoms with van der Waals surface area (Å²) in [7, 11) is 1.65. The molecule has 0 fully saturated rings. The van der Waals surface area contributed by atoms with Crippen molar-refractivity contribution in [1.29, 1.82) is 0 Å². The van der Waals surface area contributed by atoms with E-state index in [1.807, 2.05) is 25.1 Å². The summed E-state index contributed by atoms with van der Waals surface area (Å²) in [6.45, 7) is 3.99. The molecule has 0 heterocycles. The van der Waals surface area contributed by atoms with E-state index < -0.39 is 0 Å². The van der Waals surface area contributed by atoms with Gasteiger partial charge in [-0.1, -0.05) is 28.9 Å². The summed E-state index contributed by atoms with van der Waals surface area (Å²) in [5, 5.41) is 2.63. The first-order chi connectivity index (χ1) is 8.06. The number of rotatable bonds is 5. The van der Waals surface area contributed by atoms with Crippen molar-refractivity contribution in [2.45, 2.75) is 13.5 Å². The summed E-state index contributed by atoms with van der Waals surface area (Å²) in [5.74, 6) is 0.0263. The van der Waals surface area contributed by atoms with Gasteiger partial charge in [-0.05, 0) is 24.2 Å². The SMILES string of the molecule is CCN(CC(=O)NC)Cc1ccc(N)cc1Br. The Labute approximate surface area is 110 Å². The maximum absolute atomic E-state index is 11.3. The summed E-state index contributed by atoms with van der Waals surface area (Å²) in [4.78, 5) is 13.4. The lowest BCUT2D eigenvalue weighted by molar-refractivity contribution is -0.121. The van der Waals surface area contributed by atoms with E-state index >= 15 is 0 Å². The second-order valence-corrected chi connectivity index (χ2v) is 4.68. The maximum Gasteiger partial charge on any atom is 0.233 e. The van der Waals surface area contributed by atoms with Crippen molar-refractivity contribution in [2.75, 3.05) is 25.9 Å². The number of halogens is 1. The maximum atomic E-state index is 11.3. The monoisotopic (exact) mass is 299 g/mol. The number of benzene rings is 1. The highest BCUT2D eigenvalue weighted by molar-refractivity contribution is 9.10. The van der Waals surface area contributed by atoms with E-state index in [2.05, 4.69) is 26.1 Å². The molecule has 0 saturated carbocycles. The second-order valence-electron chi connectivity index (χ2n) is 3.83. The molecule has 1 rings (SSSR count). The Morgan fingerprint density at radius 2 is 2.24 bits per heavy atom. The van der Waals surface area contributed by atoms with E-state index in [-0.39, 0.29) is 5.91 Å². The first kappa shape index (κ1) is 14.0. The molecule has 0 saturated heterocycles. The summed E-state index contributed by atoms with van der Waals surface area (Å²) in [6, 6.07) is 5.73. The Morgan fingerprint density at radius 1 is 1.53 bits per heavy atom. The molecule has 0 bridgehead atoms. The number of carbonyl (C=O) groups excluding carboxylic acids is 1. The van der Waals surface area contributed by atoms with Crippen molar-refractivity contribution in [3.05, 3.63) is 28.2 Å². The zero-order valence-corrected chi connectivity index (χ0v) is 11.8. The van der Waals surface area contributed by atoms with Crippen LogP contribution in [0.5, 0.6) is 0 Å². The number of nitrogen functional groups attached to an aromatic ring is 1. The Bertz CT molecular complexity index is 395. The molecule has 17 heavy (non-hydrogen) atoms. The average molecular weight is 300 g/mol. The van der Waals surface area contributed by atoms with Crippen molar-refractivity contribution in [3.8, 4) is 0 Å². The highest BCUT2D eigenvalue weighted by atomic mass is 79.9. The number of likely N-dealkylation sites (N-methyl/N-ethyl adjacent to an activating group) is 2. The van der Waals surface area contributed by atoms with E-state index in [0.29, 0.717) is 6.54 Å². The zero-order valence-electron chi connectivity index (χ0n) is 10.2. The Morgan fingerprint density at radius 3 is 2.76 bits per heavy atom. The van der Waals surface area contributed by atoms with Gasteiger partial charge in [-0.25, -0.2) is 0 Å². The molecule has 1 aromatic carbocycles. The summed E-state index contributed by atoms with van der Waals surface area (Å²) < 4.78 is 0.979. The van der Waals surface area contributed by atoms with Crippen molar-refractivity contribution >= 4 is 27.5 Å². The zero-order chi connectivity index (χ0) is 12.8. The third-order valence-electron chi connectivity index (χ3n) is 2.56. The van der Waals surface area contributed by atoms with E-state index in [0.717, 1.165) is 28.8 Å². The third kappa shape index (κ3) is 4.36. The van der Waals surface area contributed by atoms with Gasteiger partial charge in [0.25, 0.3) is 0 Å². The van der Waals surface area contributed by atoms with Crippen LogP contribution >= 0.6 is 15.9 Å². The molecule has 1 aromatic rings. The lowest BCUT2D eigenvalue weighted by atomic mass is 10.2. The van der Waals surface area contributed by atoms with Gasteiger partial charge in [0.1, 0.15) is 0 Å². The normalized spacial score (nSPS) is 10.6. The third-order valence-corrected chi connectivity index (χ3v) is 3.30. The molecular formula is C12H18BrN3O. The van der Waals surface area contributed by atoms with Gasteiger partial charge < -0.3 is 11.1 Å². The van der Waals surface area contributed by atoms with E-state index in [1.165, 1.54) is 0 Å². The lowest BCUT2D eigenvalue weighted by Gasteiger charge is -2.20. The van der Waals surface area contributed by atoms with Crippen LogP contribution in [-0.2, 0) is 11.3 Å². The molecule has 0 atom stereocenters. The smallest absolute Gasteiger partial charge is 0.233 e. The molecule has 5 heteroatoms. The fraction of sp³-hybridized carbons (Fsp3) is 0.417. The van der Waals surface area contributed by atoms with Crippen LogP contribution in [0.2, 0.25) is 0 Å². The van der Waals surface area contributed by atoms with Crippen LogP contribution in [-0.4, -0.2) is 30.9 Å². The largest absolute Gasteiger partial charge is 0.399 e. The Hall–Kier alpha value is -1.07. The number of nitrogens with two attached hydrogens (primary N) is 1. The van der Waals surface area contributed by atoms with Crippen LogP contribution in [0.15, 0.2) is 22.7 Å². The van der Waals surface area contributed by atoms with Gasteiger partial charge in [0.05, 0.1) is 6.54 Å². The fourth-order valence-corrected chi connectivity index (χ4v) is 2.02. The van der Waals surface area contributed by atoms with E-state index in [1.54, 1.807) is 7.05 Å². The van der Waals surface area contributed by atoms with Crippen LogP contribution < -0.4 is 11.1 Å². The van der Waals surface area contributed by atoms with Crippen molar-refractivity contribution in [3.63, 3.8) is 0 Å². The molecule has 0 aliphatic rings. The van der Waals surface area contributed by atoms with Gasteiger partial charge in [0, 0.05) is 23.8 Å². The van der Waals surface area contributed by atoms with Crippen LogP contribution in [0.25, 0.3) is 0 Å². The lowest BCUT2D eigenvalue weighted by Crippen LogP contribution is -2.35. The van der Waals surface area contributed by atoms with Gasteiger partial charge in [-0.2, -0.15) is 0 Å². The van der Waals surface area contributed by atoms with E-state index in [9.17, 15) is 4.79 Å². The molecule has 0 aliphatic heterocycles. The number of carbonyl (C=O) groups is 1. The number of hydrogen-bond acceptors (Lipinski definition) is 3. The van der Waals surface area contributed by atoms with Crippen LogP contribution in [0, 0.1) is 0 Å². The number of anilines is 1. The second kappa shape index (κ2) is 6.61. The van der Waals surface area contributed by atoms with Gasteiger partial charge >= 0.3 is 0 Å².